The number of benzene rings is 2. The third-order valence-electron chi connectivity index (χ3n) is 7.98. The SMILES string of the molecule is CCCCCCCCCC(=O)N(CCC(C)C)CC(=O)N(Cc1ccc2c(c1)OCO2)Cc1coc2ccc(Cl)cc2c1=O. The van der Waals surface area contributed by atoms with Crippen molar-refractivity contribution in [2.24, 2.45) is 5.92 Å². The largest absolute Gasteiger partial charge is 0.464 e. The van der Waals surface area contributed by atoms with Gasteiger partial charge in [-0.1, -0.05) is 77.0 Å². The smallest absolute Gasteiger partial charge is 0.242 e. The molecule has 2 amide bonds. The molecule has 1 aliphatic rings. The molecule has 1 aromatic heterocycles. The van der Waals surface area contributed by atoms with Crippen LogP contribution in [-0.2, 0) is 22.7 Å². The number of halogens is 1. The lowest BCUT2D eigenvalue weighted by Crippen LogP contribution is -2.43. The van der Waals surface area contributed by atoms with E-state index < -0.39 is 0 Å². The predicted octanol–water partition coefficient (Wildman–Crippen LogP) is 7.72. The van der Waals surface area contributed by atoms with Crippen LogP contribution in [0.1, 0.15) is 89.7 Å². The molecule has 3 aromatic rings. The maximum atomic E-state index is 14.0. The number of hydrogen-bond donors (Lipinski definition) is 0. The Morgan fingerprint density at radius 1 is 0.886 bits per heavy atom. The van der Waals surface area contributed by atoms with Gasteiger partial charge in [0, 0.05) is 24.5 Å². The molecule has 0 fully saturated rings. The number of carbonyl (C=O) groups excluding carboxylic acids is 2. The third-order valence-corrected chi connectivity index (χ3v) is 8.21. The Hall–Kier alpha value is -3.52. The second-order valence-corrected chi connectivity index (χ2v) is 12.5. The summed E-state index contributed by atoms with van der Waals surface area (Å²) in [5.41, 5.74) is 1.33. The fourth-order valence-corrected chi connectivity index (χ4v) is 5.48. The summed E-state index contributed by atoms with van der Waals surface area (Å²) in [4.78, 5) is 44.1. The second-order valence-electron chi connectivity index (χ2n) is 12.0. The first-order valence-electron chi connectivity index (χ1n) is 15.9. The molecule has 0 saturated heterocycles. The van der Waals surface area contributed by atoms with Crippen molar-refractivity contribution in [3.8, 4) is 11.5 Å². The third kappa shape index (κ3) is 9.49. The summed E-state index contributed by atoms with van der Waals surface area (Å²) in [6.07, 6.45) is 10.5. The molecule has 44 heavy (non-hydrogen) atoms. The molecule has 4 rings (SSSR count). The highest BCUT2D eigenvalue weighted by molar-refractivity contribution is 6.31. The molecule has 0 atom stereocenters. The average Bonchev–Trinajstić information content (AvgIpc) is 3.47. The lowest BCUT2D eigenvalue weighted by Gasteiger charge is -2.28. The summed E-state index contributed by atoms with van der Waals surface area (Å²) >= 11 is 6.16. The Balaban J connectivity index is 1.52. The summed E-state index contributed by atoms with van der Waals surface area (Å²) in [6.45, 7) is 7.25. The normalized spacial score (nSPS) is 12.2. The predicted molar refractivity (Wildman–Crippen MR) is 173 cm³/mol. The molecule has 0 radical (unpaired) electrons. The van der Waals surface area contributed by atoms with Gasteiger partial charge in [0.1, 0.15) is 5.58 Å². The van der Waals surface area contributed by atoms with Crippen LogP contribution in [0.5, 0.6) is 11.5 Å². The zero-order valence-electron chi connectivity index (χ0n) is 26.2. The Morgan fingerprint density at radius 2 is 1.64 bits per heavy atom. The van der Waals surface area contributed by atoms with E-state index in [4.69, 9.17) is 25.5 Å². The molecule has 238 valence electrons. The second kappa shape index (κ2) is 16.5. The van der Waals surface area contributed by atoms with Gasteiger partial charge in [-0.15, -0.1) is 0 Å². The number of carbonyl (C=O) groups is 2. The van der Waals surface area contributed by atoms with Crippen molar-refractivity contribution in [1.29, 1.82) is 0 Å². The highest BCUT2D eigenvalue weighted by Crippen LogP contribution is 2.33. The Morgan fingerprint density at radius 3 is 2.41 bits per heavy atom. The van der Waals surface area contributed by atoms with Gasteiger partial charge >= 0.3 is 0 Å². The first-order valence-corrected chi connectivity index (χ1v) is 16.3. The van der Waals surface area contributed by atoms with Crippen LogP contribution in [0.25, 0.3) is 11.0 Å². The fourth-order valence-electron chi connectivity index (χ4n) is 5.31. The zero-order valence-corrected chi connectivity index (χ0v) is 27.0. The van der Waals surface area contributed by atoms with Crippen molar-refractivity contribution in [2.75, 3.05) is 19.9 Å². The van der Waals surface area contributed by atoms with E-state index in [9.17, 15) is 14.4 Å². The fraction of sp³-hybridized carbons (Fsp3) is 0.514. The van der Waals surface area contributed by atoms with Crippen molar-refractivity contribution in [2.45, 2.75) is 91.6 Å². The highest BCUT2D eigenvalue weighted by Gasteiger charge is 2.24. The Kier molecular flexibility index (Phi) is 12.5. The van der Waals surface area contributed by atoms with Gasteiger partial charge in [0.2, 0.25) is 18.6 Å². The van der Waals surface area contributed by atoms with Gasteiger partial charge in [0.05, 0.1) is 30.3 Å². The Bertz CT molecular complexity index is 1470. The van der Waals surface area contributed by atoms with Gasteiger partial charge < -0.3 is 23.7 Å². The van der Waals surface area contributed by atoms with E-state index in [-0.39, 0.29) is 43.7 Å². The number of amides is 2. The maximum absolute atomic E-state index is 14.0. The molecule has 0 N–H and O–H groups in total. The van der Waals surface area contributed by atoms with Crippen molar-refractivity contribution in [3.05, 3.63) is 69.0 Å². The monoisotopic (exact) mass is 624 g/mol. The van der Waals surface area contributed by atoms with E-state index in [0.717, 1.165) is 31.2 Å². The van der Waals surface area contributed by atoms with Gasteiger partial charge in [-0.3, -0.25) is 14.4 Å². The van der Waals surface area contributed by atoms with Crippen LogP contribution in [0.4, 0.5) is 0 Å². The van der Waals surface area contributed by atoms with Crippen LogP contribution in [-0.4, -0.2) is 41.5 Å². The van der Waals surface area contributed by atoms with Gasteiger partial charge in [0.15, 0.2) is 16.9 Å². The van der Waals surface area contributed by atoms with E-state index in [1.165, 1.54) is 31.9 Å². The summed E-state index contributed by atoms with van der Waals surface area (Å²) in [6, 6.07) is 10.4. The van der Waals surface area contributed by atoms with Crippen LogP contribution in [0.3, 0.4) is 0 Å². The van der Waals surface area contributed by atoms with Gasteiger partial charge in [0.25, 0.3) is 0 Å². The first kappa shape index (κ1) is 33.4. The lowest BCUT2D eigenvalue weighted by molar-refractivity contribution is -0.141. The molecule has 0 bridgehead atoms. The number of unbranched alkanes of at least 4 members (excludes halogenated alkanes) is 6. The first-order chi connectivity index (χ1) is 21.2. The van der Waals surface area contributed by atoms with Crippen LogP contribution < -0.4 is 14.9 Å². The minimum Gasteiger partial charge on any atom is -0.464 e. The number of fused-ring (bicyclic) bond motifs is 2. The van der Waals surface area contributed by atoms with E-state index in [2.05, 4.69) is 20.8 Å². The summed E-state index contributed by atoms with van der Waals surface area (Å²) in [7, 11) is 0. The maximum Gasteiger partial charge on any atom is 0.242 e. The lowest BCUT2D eigenvalue weighted by atomic mass is 10.1. The molecule has 9 heteroatoms. The minimum atomic E-state index is -0.246. The number of ether oxygens (including phenoxy) is 2. The molecular formula is C35H45ClN2O6. The summed E-state index contributed by atoms with van der Waals surface area (Å²) in [5.74, 6) is 1.39. The molecule has 8 nitrogen and oxygen atoms in total. The molecule has 0 unspecified atom stereocenters. The standard InChI is InChI=1S/C35H45ClN2O6/c1-4-5-6-7-8-9-10-11-33(39)37(17-16-25(2)3)22-34(40)38(20-26-12-14-31-32(18-26)44-24-43-31)21-27-23-42-30-15-13-28(36)19-29(30)35(27)41/h12-15,18-19,23,25H,4-11,16-17,20-22,24H2,1-3H3. The minimum absolute atomic E-state index is 0.00421. The van der Waals surface area contributed by atoms with Gasteiger partial charge in [-0.05, 0) is 54.7 Å². The summed E-state index contributed by atoms with van der Waals surface area (Å²) < 4.78 is 16.7. The van der Waals surface area contributed by atoms with E-state index >= 15 is 0 Å². The van der Waals surface area contributed by atoms with Crippen LogP contribution in [0.15, 0.2) is 51.9 Å². The molecular weight excluding hydrogens is 580 g/mol. The van der Waals surface area contributed by atoms with E-state index in [1.54, 1.807) is 28.0 Å². The molecule has 2 aromatic carbocycles. The molecule has 0 spiro atoms. The van der Waals surface area contributed by atoms with Crippen LogP contribution in [0.2, 0.25) is 5.02 Å². The van der Waals surface area contributed by atoms with Gasteiger partial charge in [-0.2, -0.15) is 0 Å². The number of rotatable bonds is 17. The number of nitrogens with zero attached hydrogens (tertiary/aromatic N) is 2. The van der Waals surface area contributed by atoms with Crippen molar-refractivity contribution >= 4 is 34.4 Å². The molecule has 0 aliphatic carbocycles. The topological polar surface area (TPSA) is 89.3 Å². The van der Waals surface area contributed by atoms with E-state index in [0.29, 0.717) is 51.9 Å². The quantitative estimate of drug-likeness (QED) is 0.143. The molecule has 1 aliphatic heterocycles. The number of hydrogen-bond acceptors (Lipinski definition) is 6. The van der Waals surface area contributed by atoms with Crippen LogP contribution in [0, 0.1) is 5.92 Å². The highest BCUT2D eigenvalue weighted by atomic mass is 35.5. The molecule has 0 saturated carbocycles. The Labute approximate surface area is 265 Å². The zero-order chi connectivity index (χ0) is 31.5. The average molecular weight is 625 g/mol. The molecule has 2 heterocycles. The van der Waals surface area contributed by atoms with Crippen molar-refractivity contribution < 1.29 is 23.5 Å². The van der Waals surface area contributed by atoms with Crippen LogP contribution >= 0.6 is 11.6 Å². The van der Waals surface area contributed by atoms with Crippen molar-refractivity contribution in [1.82, 2.24) is 9.80 Å². The van der Waals surface area contributed by atoms with Gasteiger partial charge in [-0.25, -0.2) is 0 Å². The van der Waals surface area contributed by atoms with E-state index in [1.807, 2.05) is 18.2 Å². The summed E-state index contributed by atoms with van der Waals surface area (Å²) in [5, 5.41) is 0.782. The van der Waals surface area contributed by atoms with Crippen molar-refractivity contribution in [3.63, 3.8) is 0 Å².